The SMILES string of the molecule is Cc1ncsc1-c1ccc([C@H](C)NC(=O)[C@@H]2C[C@@H](O)CN2C(=O)C(NC(=O)c2ccnc(N3CCN(c4cc(Cl)nnc4N)CC3)c2)C(C)(C)C)cc1. The number of amides is 3. The van der Waals surface area contributed by atoms with Crippen LogP contribution in [-0.2, 0) is 9.59 Å². The molecule has 1 unspecified atom stereocenters. The highest BCUT2D eigenvalue weighted by Crippen LogP contribution is 2.30. The minimum atomic E-state index is -0.984. The number of benzene rings is 1. The number of anilines is 3. The second-order valence-electron chi connectivity index (χ2n) is 14.6. The number of pyridine rings is 1. The van der Waals surface area contributed by atoms with Gasteiger partial charge in [0.05, 0.1) is 33.9 Å². The van der Waals surface area contributed by atoms with E-state index in [1.165, 1.54) is 4.90 Å². The largest absolute Gasteiger partial charge is 0.391 e. The zero-order valence-corrected chi connectivity index (χ0v) is 32.0. The van der Waals surface area contributed by atoms with Gasteiger partial charge in [0.1, 0.15) is 17.9 Å². The molecule has 5 heterocycles. The molecule has 53 heavy (non-hydrogen) atoms. The maximum absolute atomic E-state index is 14.2. The van der Waals surface area contributed by atoms with Crippen molar-refractivity contribution in [3.63, 3.8) is 0 Å². The molecule has 0 bridgehead atoms. The Morgan fingerprint density at radius 1 is 1.00 bits per heavy atom. The van der Waals surface area contributed by atoms with Crippen molar-refractivity contribution in [2.75, 3.05) is 48.3 Å². The van der Waals surface area contributed by atoms with Crippen molar-refractivity contribution in [2.24, 2.45) is 5.41 Å². The van der Waals surface area contributed by atoms with Crippen LogP contribution >= 0.6 is 22.9 Å². The predicted molar refractivity (Wildman–Crippen MR) is 206 cm³/mol. The number of nitrogen functional groups attached to an aromatic ring is 1. The topological polar surface area (TPSA) is 183 Å². The highest BCUT2D eigenvalue weighted by atomic mass is 35.5. The van der Waals surface area contributed by atoms with Gasteiger partial charge in [-0.05, 0) is 42.5 Å². The fraction of sp³-hybridized carbons (Fsp3) is 0.432. The number of nitrogens with one attached hydrogen (secondary N) is 2. The molecule has 2 fully saturated rings. The number of aliphatic hydroxyl groups excluding tert-OH is 1. The lowest BCUT2D eigenvalue weighted by molar-refractivity contribution is -0.142. The van der Waals surface area contributed by atoms with E-state index >= 15 is 0 Å². The summed E-state index contributed by atoms with van der Waals surface area (Å²) in [6.07, 6.45) is 0.785. The van der Waals surface area contributed by atoms with Crippen LogP contribution in [0.2, 0.25) is 5.15 Å². The second-order valence-corrected chi connectivity index (χ2v) is 15.8. The fourth-order valence-corrected chi connectivity index (χ4v) is 7.71. The lowest BCUT2D eigenvalue weighted by atomic mass is 9.85. The van der Waals surface area contributed by atoms with Crippen molar-refractivity contribution in [3.8, 4) is 10.4 Å². The molecule has 4 atom stereocenters. The lowest BCUT2D eigenvalue weighted by Crippen LogP contribution is -2.57. The number of thiazole rings is 1. The van der Waals surface area contributed by atoms with Crippen LogP contribution in [-0.4, -0.2) is 98.8 Å². The number of halogens is 1. The van der Waals surface area contributed by atoms with Gasteiger partial charge in [-0.1, -0.05) is 56.6 Å². The van der Waals surface area contributed by atoms with E-state index in [1.807, 2.05) is 64.4 Å². The van der Waals surface area contributed by atoms with Gasteiger partial charge in [-0.3, -0.25) is 14.4 Å². The molecule has 0 radical (unpaired) electrons. The van der Waals surface area contributed by atoms with Gasteiger partial charge in [-0.2, -0.15) is 0 Å². The van der Waals surface area contributed by atoms with E-state index in [0.717, 1.165) is 27.4 Å². The average molecular weight is 761 g/mol. The fourth-order valence-electron chi connectivity index (χ4n) is 6.76. The number of hydrogen-bond acceptors (Lipinski definition) is 12. The summed E-state index contributed by atoms with van der Waals surface area (Å²) in [6, 6.07) is 10.7. The molecule has 4 aromatic rings. The first kappa shape index (κ1) is 37.9. The molecule has 1 aromatic carbocycles. The molecule has 2 aliphatic rings. The number of rotatable bonds is 9. The molecule has 0 spiro atoms. The van der Waals surface area contributed by atoms with E-state index in [-0.39, 0.29) is 30.1 Å². The predicted octanol–water partition coefficient (Wildman–Crippen LogP) is 3.85. The third-order valence-corrected chi connectivity index (χ3v) is 10.9. The normalized spacial score (nSPS) is 18.8. The minimum Gasteiger partial charge on any atom is -0.391 e. The van der Waals surface area contributed by atoms with Gasteiger partial charge < -0.3 is 36.2 Å². The first-order valence-electron chi connectivity index (χ1n) is 17.5. The minimum absolute atomic E-state index is 0.0184. The Bertz CT molecular complexity index is 1960. The van der Waals surface area contributed by atoms with Gasteiger partial charge in [-0.15, -0.1) is 21.5 Å². The summed E-state index contributed by atoms with van der Waals surface area (Å²) in [5, 5.41) is 24.6. The molecular weight excluding hydrogens is 716 g/mol. The molecule has 5 N–H and O–H groups in total. The molecule has 16 heteroatoms. The van der Waals surface area contributed by atoms with E-state index in [4.69, 9.17) is 17.3 Å². The summed E-state index contributed by atoms with van der Waals surface area (Å²) in [5.41, 5.74) is 11.1. The smallest absolute Gasteiger partial charge is 0.252 e. The highest BCUT2D eigenvalue weighted by molar-refractivity contribution is 7.13. The van der Waals surface area contributed by atoms with E-state index in [2.05, 4.69) is 40.6 Å². The Morgan fingerprint density at radius 3 is 2.36 bits per heavy atom. The van der Waals surface area contributed by atoms with Crippen molar-refractivity contribution < 1.29 is 19.5 Å². The van der Waals surface area contributed by atoms with Crippen LogP contribution in [0.4, 0.5) is 17.3 Å². The number of aromatic nitrogens is 4. The van der Waals surface area contributed by atoms with Crippen LogP contribution < -0.4 is 26.2 Å². The van der Waals surface area contributed by atoms with Gasteiger partial charge in [0, 0.05) is 57.0 Å². The summed E-state index contributed by atoms with van der Waals surface area (Å²) >= 11 is 7.62. The van der Waals surface area contributed by atoms with Crippen molar-refractivity contribution in [1.29, 1.82) is 0 Å². The van der Waals surface area contributed by atoms with Crippen LogP contribution in [0.15, 0.2) is 54.2 Å². The van der Waals surface area contributed by atoms with Gasteiger partial charge in [0.2, 0.25) is 11.8 Å². The molecule has 3 aromatic heterocycles. The molecule has 2 aliphatic heterocycles. The van der Waals surface area contributed by atoms with Gasteiger partial charge in [0.25, 0.3) is 5.91 Å². The molecule has 2 saturated heterocycles. The molecule has 0 saturated carbocycles. The maximum Gasteiger partial charge on any atom is 0.252 e. The maximum atomic E-state index is 14.2. The van der Waals surface area contributed by atoms with Gasteiger partial charge >= 0.3 is 0 Å². The highest BCUT2D eigenvalue weighted by Gasteiger charge is 2.45. The monoisotopic (exact) mass is 760 g/mol. The number of aliphatic hydroxyl groups is 1. The van der Waals surface area contributed by atoms with Crippen LogP contribution in [0.5, 0.6) is 0 Å². The number of hydrogen-bond donors (Lipinski definition) is 4. The number of nitrogens with two attached hydrogens (primary N) is 1. The average Bonchev–Trinajstić information content (AvgIpc) is 3.76. The summed E-state index contributed by atoms with van der Waals surface area (Å²) in [5.74, 6) is -0.325. The Hall–Kier alpha value is -4.86. The zero-order chi connectivity index (χ0) is 38.0. The van der Waals surface area contributed by atoms with E-state index in [9.17, 15) is 19.5 Å². The van der Waals surface area contributed by atoms with Crippen LogP contribution in [0.25, 0.3) is 10.4 Å². The second kappa shape index (κ2) is 15.6. The summed E-state index contributed by atoms with van der Waals surface area (Å²) in [6.45, 7) is 11.9. The van der Waals surface area contributed by atoms with Gasteiger partial charge in [0.15, 0.2) is 11.0 Å². The van der Waals surface area contributed by atoms with Crippen molar-refractivity contribution in [3.05, 3.63) is 76.1 Å². The van der Waals surface area contributed by atoms with Crippen LogP contribution in [0, 0.1) is 12.3 Å². The third kappa shape index (κ3) is 8.53. The Kier molecular flexibility index (Phi) is 11.2. The molecular formula is C37H45ClN10O4S. The van der Waals surface area contributed by atoms with Crippen molar-refractivity contribution in [2.45, 2.75) is 65.3 Å². The molecule has 280 valence electrons. The number of aryl methyl sites for hydroxylation is 1. The number of piperazine rings is 1. The first-order valence-corrected chi connectivity index (χ1v) is 18.8. The lowest BCUT2D eigenvalue weighted by Gasteiger charge is -2.37. The number of carbonyl (C=O) groups is 3. The van der Waals surface area contributed by atoms with E-state index in [1.54, 1.807) is 35.7 Å². The quantitative estimate of drug-likeness (QED) is 0.195. The zero-order valence-electron chi connectivity index (χ0n) is 30.4. The Labute approximate surface area is 317 Å². The first-order chi connectivity index (χ1) is 25.2. The molecule has 0 aliphatic carbocycles. The van der Waals surface area contributed by atoms with Crippen LogP contribution in [0.1, 0.15) is 61.8 Å². The Morgan fingerprint density at radius 2 is 1.70 bits per heavy atom. The van der Waals surface area contributed by atoms with Crippen molar-refractivity contribution in [1.82, 2.24) is 35.7 Å². The van der Waals surface area contributed by atoms with Crippen LogP contribution in [0.3, 0.4) is 0 Å². The van der Waals surface area contributed by atoms with E-state index in [0.29, 0.717) is 43.4 Å². The van der Waals surface area contributed by atoms with Gasteiger partial charge in [-0.25, -0.2) is 9.97 Å². The number of nitrogens with zero attached hydrogens (tertiary/aromatic N) is 7. The Balaban J connectivity index is 1.11. The standard InChI is InChI=1S/C37H45ClN10O4S/c1-21(23-6-8-24(9-7-23)31-22(2)41-20-53-31)42-35(51)28-17-26(49)19-48(28)36(52)32(37(3,4)5)43-34(50)25-10-11-40-30(16-25)47-14-12-46(13-15-47)27-18-29(38)44-45-33(27)39/h6-11,16,18,20-21,26,28,32,49H,12-15,17,19H2,1-5H3,(H2,39,45)(H,42,51)(H,43,50)/t21-,26+,28-,32?/m0/s1. The van der Waals surface area contributed by atoms with E-state index < -0.39 is 35.4 Å². The van der Waals surface area contributed by atoms with Crippen molar-refractivity contribution >= 4 is 58.0 Å². The number of carbonyl (C=O) groups excluding carboxylic acids is 3. The number of β-amino-alcohol motifs (C(OH)–C–C–N with tert-alkyl or cyclic N) is 1. The molecule has 3 amide bonds. The summed E-state index contributed by atoms with van der Waals surface area (Å²) in [4.78, 5) is 57.1. The summed E-state index contributed by atoms with van der Waals surface area (Å²) < 4.78 is 0. The molecule has 14 nitrogen and oxygen atoms in total. The molecule has 6 rings (SSSR count). The number of likely N-dealkylation sites (tertiary alicyclic amines) is 1. The third-order valence-electron chi connectivity index (χ3n) is 9.75. The summed E-state index contributed by atoms with van der Waals surface area (Å²) in [7, 11) is 0.